The number of carbonyl (C=O) groups is 1. The van der Waals surface area contributed by atoms with Gasteiger partial charge in [0, 0.05) is 25.2 Å². The third-order valence-corrected chi connectivity index (χ3v) is 4.98. The van der Waals surface area contributed by atoms with Crippen LogP contribution in [-0.2, 0) is 4.79 Å². The summed E-state index contributed by atoms with van der Waals surface area (Å²) < 4.78 is 42.7. The SMILES string of the molecule is NCC(=O)N1CCC(C(F)(F)F)C(c2ncc3cnc4[nH]ccc4n23)C1. The fraction of sp³-hybridized carbons (Fsp3) is 0.438. The van der Waals surface area contributed by atoms with Crippen molar-refractivity contribution < 1.29 is 18.0 Å². The number of fused-ring (bicyclic) bond motifs is 3. The molecule has 3 aromatic heterocycles. The standard InChI is InChI=1S/C16H17F3N6O/c17-16(18,19)11-2-4-24(13(26)5-20)8-10(11)15-23-7-9-6-22-14-12(25(9)15)1-3-21-14/h1,3,6-7,10-11,21H,2,4-5,8,20H2. The number of hydrogen-bond acceptors (Lipinski definition) is 4. The van der Waals surface area contributed by atoms with Gasteiger partial charge in [-0.1, -0.05) is 0 Å². The largest absolute Gasteiger partial charge is 0.392 e. The predicted molar refractivity (Wildman–Crippen MR) is 87.4 cm³/mol. The van der Waals surface area contributed by atoms with Crippen molar-refractivity contribution in [3.8, 4) is 0 Å². The van der Waals surface area contributed by atoms with Gasteiger partial charge in [0.25, 0.3) is 0 Å². The zero-order valence-corrected chi connectivity index (χ0v) is 13.7. The van der Waals surface area contributed by atoms with E-state index in [0.717, 1.165) is 0 Å². The Morgan fingerprint density at radius 3 is 2.85 bits per heavy atom. The van der Waals surface area contributed by atoms with Crippen LogP contribution in [0.1, 0.15) is 18.2 Å². The van der Waals surface area contributed by atoms with Crippen LogP contribution in [0.15, 0.2) is 24.7 Å². The molecule has 0 aromatic carbocycles. The summed E-state index contributed by atoms with van der Waals surface area (Å²) in [5, 5.41) is 0. The second-order valence-corrected chi connectivity index (χ2v) is 6.43. The summed E-state index contributed by atoms with van der Waals surface area (Å²) in [6.45, 7) is -0.244. The lowest BCUT2D eigenvalue weighted by Gasteiger charge is -2.38. The van der Waals surface area contributed by atoms with Gasteiger partial charge in [0.1, 0.15) is 5.82 Å². The lowest BCUT2D eigenvalue weighted by molar-refractivity contribution is -0.192. The number of carbonyl (C=O) groups excluding carboxylic acids is 1. The van der Waals surface area contributed by atoms with Crippen molar-refractivity contribution in [2.45, 2.75) is 18.5 Å². The van der Waals surface area contributed by atoms with Gasteiger partial charge in [0.05, 0.1) is 35.9 Å². The van der Waals surface area contributed by atoms with Gasteiger partial charge in [-0.25, -0.2) is 9.97 Å². The van der Waals surface area contributed by atoms with Crippen LogP contribution in [0, 0.1) is 5.92 Å². The fourth-order valence-corrected chi connectivity index (χ4v) is 3.72. The molecule has 0 radical (unpaired) electrons. The maximum absolute atomic E-state index is 13.7. The number of aromatic nitrogens is 4. The molecule has 1 aliphatic rings. The lowest BCUT2D eigenvalue weighted by atomic mass is 9.84. The molecule has 1 amide bonds. The van der Waals surface area contributed by atoms with Gasteiger partial charge in [0.15, 0.2) is 5.65 Å². The highest BCUT2D eigenvalue weighted by Crippen LogP contribution is 2.43. The van der Waals surface area contributed by atoms with Crippen LogP contribution in [0.4, 0.5) is 13.2 Å². The number of halogens is 3. The van der Waals surface area contributed by atoms with Gasteiger partial charge >= 0.3 is 6.18 Å². The maximum Gasteiger partial charge on any atom is 0.392 e. The first-order valence-corrected chi connectivity index (χ1v) is 8.24. The van der Waals surface area contributed by atoms with Gasteiger partial charge in [-0.15, -0.1) is 0 Å². The first-order valence-electron chi connectivity index (χ1n) is 8.24. The number of rotatable bonds is 2. The molecule has 0 saturated carbocycles. The van der Waals surface area contributed by atoms with Crippen LogP contribution in [0.3, 0.4) is 0 Å². The zero-order valence-electron chi connectivity index (χ0n) is 13.7. The molecule has 4 heterocycles. The van der Waals surface area contributed by atoms with Gasteiger partial charge < -0.3 is 15.6 Å². The van der Waals surface area contributed by atoms with E-state index < -0.39 is 18.0 Å². The van der Waals surface area contributed by atoms with E-state index in [1.807, 2.05) is 0 Å². The zero-order chi connectivity index (χ0) is 18.5. The number of H-pyrrole nitrogens is 1. The minimum Gasteiger partial charge on any atom is -0.345 e. The number of alkyl halides is 3. The Morgan fingerprint density at radius 2 is 2.12 bits per heavy atom. The van der Waals surface area contributed by atoms with Crippen LogP contribution < -0.4 is 5.73 Å². The van der Waals surface area contributed by atoms with Crippen LogP contribution in [-0.4, -0.2) is 56.0 Å². The van der Waals surface area contributed by atoms with Crippen LogP contribution >= 0.6 is 0 Å². The molecule has 2 unspecified atom stereocenters. The highest BCUT2D eigenvalue weighted by Gasteiger charge is 2.49. The Morgan fingerprint density at radius 1 is 1.35 bits per heavy atom. The van der Waals surface area contributed by atoms with E-state index in [-0.39, 0.29) is 37.8 Å². The first kappa shape index (κ1) is 16.8. The highest BCUT2D eigenvalue weighted by molar-refractivity contribution is 5.78. The summed E-state index contributed by atoms with van der Waals surface area (Å²) in [5.74, 6) is -2.62. The number of nitrogens with two attached hydrogens (primary N) is 1. The number of nitrogens with one attached hydrogen (secondary N) is 1. The van der Waals surface area contributed by atoms with Crippen molar-refractivity contribution in [2.75, 3.05) is 19.6 Å². The van der Waals surface area contributed by atoms with Crippen molar-refractivity contribution in [1.82, 2.24) is 24.3 Å². The number of nitrogens with zero attached hydrogens (tertiary/aromatic N) is 4. The molecule has 7 nitrogen and oxygen atoms in total. The minimum absolute atomic E-state index is 0.0428. The van der Waals surface area contributed by atoms with Gasteiger partial charge in [0.2, 0.25) is 5.91 Å². The molecule has 0 aliphatic carbocycles. The van der Waals surface area contributed by atoms with Crippen molar-refractivity contribution in [1.29, 1.82) is 0 Å². The smallest absolute Gasteiger partial charge is 0.345 e. The Balaban J connectivity index is 1.85. The number of aromatic amines is 1. The predicted octanol–water partition coefficient (Wildman–Crippen LogP) is 1.66. The number of piperidine rings is 1. The molecular formula is C16H17F3N6O. The van der Waals surface area contributed by atoms with Crippen molar-refractivity contribution >= 4 is 22.6 Å². The molecule has 138 valence electrons. The van der Waals surface area contributed by atoms with E-state index >= 15 is 0 Å². The summed E-state index contributed by atoms with van der Waals surface area (Å²) in [5.41, 5.74) is 7.21. The summed E-state index contributed by atoms with van der Waals surface area (Å²) in [6, 6.07) is 1.74. The normalized spacial score (nSPS) is 21.6. The molecule has 2 atom stereocenters. The monoisotopic (exact) mass is 366 g/mol. The van der Waals surface area contributed by atoms with E-state index in [0.29, 0.717) is 16.7 Å². The molecule has 4 rings (SSSR count). The number of likely N-dealkylation sites (tertiary alicyclic amines) is 1. The van der Waals surface area contributed by atoms with Crippen molar-refractivity contribution in [3.05, 3.63) is 30.5 Å². The molecule has 3 aromatic rings. The minimum atomic E-state index is -4.38. The topological polar surface area (TPSA) is 92.3 Å². The maximum atomic E-state index is 13.7. The Kier molecular flexibility index (Phi) is 3.87. The number of hydrogen-bond donors (Lipinski definition) is 2. The van der Waals surface area contributed by atoms with E-state index in [9.17, 15) is 18.0 Å². The van der Waals surface area contributed by atoms with Crippen LogP contribution in [0.25, 0.3) is 16.7 Å². The molecule has 10 heteroatoms. The Bertz CT molecular complexity index is 962. The van der Waals surface area contributed by atoms with E-state index in [4.69, 9.17) is 5.73 Å². The molecule has 0 bridgehead atoms. The highest BCUT2D eigenvalue weighted by atomic mass is 19.4. The average Bonchev–Trinajstić information content (AvgIpc) is 3.25. The van der Waals surface area contributed by atoms with E-state index in [2.05, 4.69) is 15.0 Å². The molecule has 1 saturated heterocycles. The third-order valence-electron chi connectivity index (χ3n) is 4.98. The quantitative estimate of drug-likeness (QED) is 0.722. The molecule has 1 aliphatic heterocycles. The lowest BCUT2D eigenvalue weighted by Crippen LogP contribution is -2.48. The fourth-order valence-electron chi connectivity index (χ4n) is 3.72. The van der Waals surface area contributed by atoms with Crippen LogP contribution in [0.2, 0.25) is 0 Å². The third kappa shape index (κ3) is 2.61. The Labute approximate surface area is 146 Å². The van der Waals surface area contributed by atoms with Crippen molar-refractivity contribution in [3.63, 3.8) is 0 Å². The van der Waals surface area contributed by atoms with Crippen molar-refractivity contribution in [2.24, 2.45) is 11.7 Å². The van der Waals surface area contributed by atoms with E-state index in [1.54, 1.807) is 22.9 Å². The second kappa shape index (κ2) is 5.97. The molecule has 3 N–H and O–H groups in total. The molecule has 0 spiro atoms. The number of amides is 1. The molecule has 1 fully saturated rings. The van der Waals surface area contributed by atoms with E-state index in [1.165, 1.54) is 11.1 Å². The summed E-state index contributed by atoms with van der Waals surface area (Å²) in [6.07, 6.45) is 0.192. The second-order valence-electron chi connectivity index (χ2n) is 6.43. The summed E-state index contributed by atoms with van der Waals surface area (Å²) >= 11 is 0. The number of imidazole rings is 1. The van der Waals surface area contributed by atoms with Gasteiger partial charge in [-0.05, 0) is 12.5 Å². The van der Waals surface area contributed by atoms with Gasteiger partial charge in [-0.3, -0.25) is 9.20 Å². The average molecular weight is 366 g/mol. The van der Waals surface area contributed by atoms with Gasteiger partial charge in [-0.2, -0.15) is 13.2 Å². The van der Waals surface area contributed by atoms with Crippen LogP contribution in [0.5, 0.6) is 0 Å². The molecule has 26 heavy (non-hydrogen) atoms. The Hall–Kier alpha value is -2.62. The summed E-state index contributed by atoms with van der Waals surface area (Å²) in [4.78, 5) is 24.8. The molecular weight excluding hydrogens is 349 g/mol. The summed E-state index contributed by atoms with van der Waals surface area (Å²) in [7, 11) is 0. The first-order chi connectivity index (χ1) is 12.4.